The van der Waals surface area contributed by atoms with Gasteiger partial charge in [0.15, 0.2) is 0 Å². The number of hydrogen-bond donors (Lipinski definition) is 2. The molecule has 2 N–H and O–H groups in total. The molecular formula is C13H26N2O2. The third-order valence-electron chi connectivity index (χ3n) is 3.74. The molecule has 1 aliphatic heterocycles. The van der Waals surface area contributed by atoms with Crippen LogP contribution in [-0.4, -0.2) is 49.2 Å². The maximum Gasteiger partial charge on any atom is 0.306 e. The van der Waals surface area contributed by atoms with Gasteiger partial charge in [0.25, 0.3) is 0 Å². The van der Waals surface area contributed by atoms with E-state index in [0.29, 0.717) is 0 Å². The monoisotopic (exact) mass is 242 g/mol. The van der Waals surface area contributed by atoms with Gasteiger partial charge < -0.3 is 15.3 Å². The van der Waals surface area contributed by atoms with Gasteiger partial charge in [-0.2, -0.15) is 0 Å². The Balaban J connectivity index is 1.95. The minimum atomic E-state index is -0.692. The van der Waals surface area contributed by atoms with Crippen LogP contribution in [0, 0.1) is 11.8 Å². The molecule has 1 aliphatic rings. The van der Waals surface area contributed by atoms with Crippen molar-refractivity contribution in [2.45, 2.75) is 32.6 Å². The summed E-state index contributed by atoms with van der Waals surface area (Å²) in [6.45, 7) is 6.06. The third kappa shape index (κ3) is 6.03. The number of rotatable bonds is 7. The summed E-state index contributed by atoms with van der Waals surface area (Å²) in [5.41, 5.74) is 0. The number of carbonyl (C=O) groups is 1. The normalized spacial score (nSPS) is 20.4. The van der Waals surface area contributed by atoms with Gasteiger partial charge in [-0.25, -0.2) is 0 Å². The molecule has 0 saturated carbocycles. The second-order valence-corrected chi connectivity index (χ2v) is 5.31. The quantitative estimate of drug-likeness (QED) is 0.663. The Morgan fingerprint density at radius 1 is 1.41 bits per heavy atom. The van der Waals surface area contributed by atoms with Crippen LogP contribution in [0.5, 0.6) is 0 Å². The predicted molar refractivity (Wildman–Crippen MR) is 69.1 cm³/mol. The second kappa shape index (κ2) is 7.67. The molecule has 1 saturated heterocycles. The van der Waals surface area contributed by atoms with Crippen LogP contribution in [0.15, 0.2) is 0 Å². The fraction of sp³-hybridized carbons (Fsp3) is 0.923. The highest BCUT2D eigenvalue weighted by Crippen LogP contribution is 2.18. The first-order valence-corrected chi connectivity index (χ1v) is 6.71. The molecule has 1 atom stereocenters. The van der Waals surface area contributed by atoms with E-state index in [1.807, 2.05) is 0 Å². The number of hydrogen-bond acceptors (Lipinski definition) is 3. The first kappa shape index (κ1) is 14.5. The van der Waals surface area contributed by atoms with Gasteiger partial charge in [0.1, 0.15) is 0 Å². The molecule has 1 heterocycles. The van der Waals surface area contributed by atoms with Crippen molar-refractivity contribution >= 4 is 5.97 Å². The molecule has 100 valence electrons. The smallest absolute Gasteiger partial charge is 0.306 e. The minimum Gasteiger partial charge on any atom is -0.481 e. The van der Waals surface area contributed by atoms with Crippen LogP contribution in [0.25, 0.3) is 0 Å². The Bertz CT molecular complexity index is 225. The SMILES string of the molecule is CC(CCNCCC1CCN(C)CC1)C(=O)O. The number of nitrogens with one attached hydrogen (secondary N) is 1. The summed E-state index contributed by atoms with van der Waals surface area (Å²) >= 11 is 0. The van der Waals surface area contributed by atoms with Gasteiger partial charge in [-0.3, -0.25) is 4.79 Å². The molecule has 1 unspecified atom stereocenters. The summed E-state index contributed by atoms with van der Waals surface area (Å²) in [5, 5.41) is 12.1. The Kier molecular flexibility index (Phi) is 6.52. The van der Waals surface area contributed by atoms with Crippen molar-refractivity contribution in [1.82, 2.24) is 10.2 Å². The van der Waals surface area contributed by atoms with Gasteiger partial charge in [0.05, 0.1) is 5.92 Å². The number of carboxylic acid groups (broad SMARTS) is 1. The lowest BCUT2D eigenvalue weighted by Gasteiger charge is -2.28. The molecule has 0 aromatic heterocycles. The van der Waals surface area contributed by atoms with E-state index in [2.05, 4.69) is 17.3 Å². The van der Waals surface area contributed by atoms with Gasteiger partial charge in [-0.1, -0.05) is 6.92 Å². The maximum absolute atomic E-state index is 10.6. The fourth-order valence-corrected chi connectivity index (χ4v) is 2.22. The van der Waals surface area contributed by atoms with Crippen molar-refractivity contribution in [3.05, 3.63) is 0 Å². The van der Waals surface area contributed by atoms with Gasteiger partial charge in [0.2, 0.25) is 0 Å². The zero-order valence-electron chi connectivity index (χ0n) is 11.1. The summed E-state index contributed by atoms with van der Waals surface area (Å²) in [5.74, 6) is -0.0662. The zero-order valence-corrected chi connectivity index (χ0v) is 11.1. The molecule has 0 aromatic carbocycles. The molecule has 0 bridgehead atoms. The molecule has 0 amide bonds. The molecule has 1 fully saturated rings. The van der Waals surface area contributed by atoms with Crippen LogP contribution >= 0.6 is 0 Å². The Morgan fingerprint density at radius 2 is 2.06 bits per heavy atom. The lowest BCUT2D eigenvalue weighted by Crippen LogP contribution is -2.32. The lowest BCUT2D eigenvalue weighted by molar-refractivity contribution is -0.141. The average Bonchev–Trinajstić information content (AvgIpc) is 2.30. The van der Waals surface area contributed by atoms with Crippen molar-refractivity contribution in [1.29, 1.82) is 0 Å². The topological polar surface area (TPSA) is 52.6 Å². The van der Waals surface area contributed by atoms with Gasteiger partial charge in [-0.05, 0) is 64.8 Å². The largest absolute Gasteiger partial charge is 0.481 e. The first-order valence-electron chi connectivity index (χ1n) is 6.71. The molecule has 17 heavy (non-hydrogen) atoms. The molecule has 1 rings (SSSR count). The number of carboxylic acids is 1. The van der Waals surface area contributed by atoms with E-state index >= 15 is 0 Å². The molecule has 0 spiro atoms. The van der Waals surface area contributed by atoms with Crippen molar-refractivity contribution in [3.63, 3.8) is 0 Å². The summed E-state index contributed by atoms with van der Waals surface area (Å²) in [4.78, 5) is 13.0. The van der Waals surface area contributed by atoms with Crippen molar-refractivity contribution < 1.29 is 9.90 Å². The van der Waals surface area contributed by atoms with Crippen LogP contribution in [0.1, 0.15) is 32.6 Å². The summed E-state index contributed by atoms with van der Waals surface area (Å²) in [6.07, 6.45) is 4.57. The summed E-state index contributed by atoms with van der Waals surface area (Å²) in [6, 6.07) is 0. The van der Waals surface area contributed by atoms with Crippen LogP contribution in [-0.2, 0) is 4.79 Å². The highest BCUT2D eigenvalue weighted by Gasteiger charge is 2.16. The number of piperidine rings is 1. The van der Waals surface area contributed by atoms with Gasteiger partial charge in [0, 0.05) is 0 Å². The number of likely N-dealkylation sites (tertiary alicyclic amines) is 1. The van der Waals surface area contributed by atoms with Crippen molar-refractivity contribution in [2.24, 2.45) is 11.8 Å². The van der Waals surface area contributed by atoms with E-state index in [1.165, 1.54) is 32.4 Å². The molecule has 4 heteroatoms. The zero-order chi connectivity index (χ0) is 12.7. The maximum atomic E-state index is 10.6. The molecule has 0 radical (unpaired) electrons. The van der Waals surface area contributed by atoms with E-state index in [9.17, 15) is 4.79 Å². The van der Waals surface area contributed by atoms with E-state index in [-0.39, 0.29) is 5.92 Å². The second-order valence-electron chi connectivity index (χ2n) is 5.31. The Hall–Kier alpha value is -0.610. The minimum absolute atomic E-state index is 0.231. The van der Waals surface area contributed by atoms with E-state index in [1.54, 1.807) is 6.92 Å². The van der Waals surface area contributed by atoms with Gasteiger partial charge >= 0.3 is 5.97 Å². The van der Waals surface area contributed by atoms with E-state index < -0.39 is 5.97 Å². The third-order valence-corrected chi connectivity index (χ3v) is 3.74. The highest BCUT2D eigenvalue weighted by molar-refractivity contribution is 5.69. The Labute approximate surface area is 104 Å². The molecule has 0 aliphatic carbocycles. The first-order chi connectivity index (χ1) is 8.09. The van der Waals surface area contributed by atoms with Crippen LogP contribution in [0.3, 0.4) is 0 Å². The number of aliphatic carboxylic acids is 1. The van der Waals surface area contributed by atoms with Crippen molar-refractivity contribution in [3.8, 4) is 0 Å². The van der Waals surface area contributed by atoms with Crippen LogP contribution in [0.4, 0.5) is 0 Å². The Morgan fingerprint density at radius 3 is 2.65 bits per heavy atom. The highest BCUT2D eigenvalue weighted by atomic mass is 16.4. The standard InChI is InChI=1S/C13H26N2O2/c1-11(13(16)17)3-7-14-8-4-12-5-9-15(2)10-6-12/h11-12,14H,3-10H2,1-2H3,(H,16,17). The molecule has 4 nitrogen and oxygen atoms in total. The average molecular weight is 242 g/mol. The lowest BCUT2D eigenvalue weighted by atomic mass is 9.94. The fourth-order valence-electron chi connectivity index (χ4n) is 2.22. The molecular weight excluding hydrogens is 216 g/mol. The van der Waals surface area contributed by atoms with Gasteiger partial charge in [-0.15, -0.1) is 0 Å². The predicted octanol–water partition coefficient (Wildman–Crippen LogP) is 1.42. The number of nitrogens with zero attached hydrogens (tertiary/aromatic N) is 1. The van der Waals surface area contributed by atoms with Crippen molar-refractivity contribution in [2.75, 3.05) is 33.2 Å². The van der Waals surface area contributed by atoms with Crippen LogP contribution < -0.4 is 5.32 Å². The van der Waals surface area contributed by atoms with Crippen LogP contribution in [0.2, 0.25) is 0 Å². The summed E-state index contributed by atoms with van der Waals surface area (Å²) in [7, 11) is 2.18. The van der Waals surface area contributed by atoms with E-state index in [4.69, 9.17) is 5.11 Å². The summed E-state index contributed by atoms with van der Waals surface area (Å²) < 4.78 is 0. The van der Waals surface area contributed by atoms with E-state index in [0.717, 1.165) is 25.4 Å². The molecule has 0 aromatic rings.